The topological polar surface area (TPSA) is 111 Å². The Morgan fingerprint density at radius 1 is 1.11 bits per heavy atom. The first kappa shape index (κ1) is 25.7. The van der Waals surface area contributed by atoms with Gasteiger partial charge in [-0.1, -0.05) is 24.3 Å². The molecule has 4 rings (SSSR count). The van der Waals surface area contributed by atoms with Gasteiger partial charge < -0.3 is 25.0 Å². The fourth-order valence-corrected chi connectivity index (χ4v) is 4.38. The van der Waals surface area contributed by atoms with E-state index in [1.165, 1.54) is 13.4 Å². The van der Waals surface area contributed by atoms with Gasteiger partial charge in [0.2, 0.25) is 5.95 Å². The predicted octanol–water partition coefficient (Wildman–Crippen LogP) is 3.77. The quantitative estimate of drug-likeness (QED) is 0.456. The number of fused-ring (bicyclic) bond motifs is 1. The van der Waals surface area contributed by atoms with E-state index in [1.54, 1.807) is 21.7 Å². The fraction of sp³-hybridized carbons (Fsp3) is 0.333. The first-order valence-corrected chi connectivity index (χ1v) is 12.2. The Morgan fingerprint density at radius 3 is 2.57 bits per heavy atom. The zero-order valence-electron chi connectivity index (χ0n) is 21.7. The minimum atomic E-state index is -0.567. The van der Waals surface area contributed by atoms with Crippen LogP contribution in [-0.4, -0.2) is 58.3 Å². The zero-order valence-corrected chi connectivity index (χ0v) is 21.7. The molecule has 1 aliphatic rings. The molecule has 2 aromatic carbocycles. The number of carbonyl (C=O) groups excluding carboxylic acids is 2. The molecule has 37 heavy (non-hydrogen) atoms. The monoisotopic (exact) mass is 504 g/mol. The van der Waals surface area contributed by atoms with Crippen LogP contribution in [0.4, 0.5) is 11.6 Å². The van der Waals surface area contributed by atoms with Crippen molar-refractivity contribution >= 4 is 23.5 Å². The number of methoxy groups -OCH3 is 1. The molecule has 1 atom stereocenters. The maximum atomic E-state index is 13.6. The largest absolute Gasteiger partial charge is 0.493 e. The van der Waals surface area contributed by atoms with Crippen molar-refractivity contribution in [2.75, 3.05) is 37.4 Å². The van der Waals surface area contributed by atoms with Crippen LogP contribution in [-0.2, 0) is 9.59 Å². The van der Waals surface area contributed by atoms with Crippen LogP contribution in [0.3, 0.4) is 0 Å². The summed E-state index contributed by atoms with van der Waals surface area (Å²) in [5.74, 6) is 1.05. The molecule has 3 aromatic rings. The molecule has 0 fully saturated rings. The number of hydrogen-bond acceptors (Lipinski definition) is 7. The second kappa shape index (κ2) is 11.2. The molecular weight excluding hydrogens is 472 g/mol. The zero-order chi connectivity index (χ0) is 26.5. The van der Waals surface area contributed by atoms with Gasteiger partial charge >= 0.3 is 0 Å². The number of likely N-dealkylation sites (N-methyl/N-ethyl adjacent to an activating group) is 1. The van der Waals surface area contributed by atoms with Crippen LogP contribution in [0.15, 0.2) is 60.1 Å². The van der Waals surface area contributed by atoms with Gasteiger partial charge in [-0.25, -0.2) is 4.68 Å². The molecule has 10 heteroatoms. The van der Waals surface area contributed by atoms with Crippen LogP contribution < -0.4 is 20.1 Å². The van der Waals surface area contributed by atoms with Crippen LogP contribution >= 0.6 is 0 Å². The van der Waals surface area contributed by atoms with Crippen LogP contribution in [0.25, 0.3) is 0 Å². The highest BCUT2D eigenvalue weighted by Gasteiger charge is 2.34. The van der Waals surface area contributed by atoms with Crippen molar-refractivity contribution < 1.29 is 19.1 Å². The van der Waals surface area contributed by atoms with Gasteiger partial charge in [-0.2, -0.15) is 10.1 Å². The Hall–Kier alpha value is -4.34. The molecule has 0 spiro atoms. The van der Waals surface area contributed by atoms with Gasteiger partial charge in [-0.3, -0.25) is 9.59 Å². The number of aromatic nitrogens is 3. The van der Waals surface area contributed by atoms with Crippen molar-refractivity contribution in [2.24, 2.45) is 0 Å². The SMILES string of the molecule is CCN(CC)C(=O)COc1ccc(C2C(C(=O)Nc3ccccc3C)=C(C)Nc3ncnn32)cc1OC. The number of nitrogens with zero attached hydrogens (tertiary/aromatic N) is 4. The van der Waals surface area contributed by atoms with Gasteiger partial charge in [0, 0.05) is 24.5 Å². The summed E-state index contributed by atoms with van der Waals surface area (Å²) in [4.78, 5) is 32.0. The number of benzene rings is 2. The minimum absolute atomic E-state index is 0.0962. The minimum Gasteiger partial charge on any atom is -0.493 e. The number of nitrogens with one attached hydrogen (secondary N) is 2. The van der Waals surface area contributed by atoms with Gasteiger partial charge in [0.25, 0.3) is 11.8 Å². The van der Waals surface area contributed by atoms with E-state index in [1.807, 2.05) is 58.0 Å². The number of ether oxygens (including phenoxy) is 2. The summed E-state index contributed by atoms with van der Waals surface area (Å²) in [5.41, 5.74) is 3.60. The van der Waals surface area contributed by atoms with E-state index in [2.05, 4.69) is 20.7 Å². The first-order valence-electron chi connectivity index (χ1n) is 12.2. The maximum absolute atomic E-state index is 13.6. The number of aryl methyl sites for hydroxylation is 1. The number of anilines is 2. The first-order chi connectivity index (χ1) is 17.9. The molecule has 0 aliphatic carbocycles. The Bertz CT molecular complexity index is 1330. The van der Waals surface area contributed by atoms with Crippen LogP contribution in [0.5, 0.6) is 11.5 Å². The number of rotatable bonds is 9. The fourth-order valence-electron chi connectivity index (χ4n) is 4.38. The lowest BCUT2D eigenvalue weighted by molar-refractivity contribution is -0.133. The van der Waals surface area contributed by atoms with E-state index in [4.69, 9.17) is 9.47 Å². The number of allylic oxidation sites excluding steroid dienone is 1. The van der Waals surface area contributed by atoms with Crippen LogP contribution in [0, 0.1) is 6.92 Å². The van der Waals surface area contributed by atoms with Gasteiger partial charge in [0.05, 0.1) is 12.7 Å². The number of carbonyl (C=O) groups is 2. The van der Waals surface area contributed by atoms with Crippen LogP contribution in [0.1, 0.15) is 37.9 Å². The average Bonchev–Trinajstić information content (AvgIpc) is 3.36. The van der Waals surface area contributed by atoms with Crippen molar-refractivity contribution in [3.05, 3.63) is 71.2 Å². The van der Waals surface area contributed by atoms with Crippen LogP contribution in [0.2, 0.25) is 0 Å². The summed E-state index contributed by atoms with van der Waals surface area (Å²) in [6.07, 6.45) is 1.44. The number of amides is 2. The second-order valence-electron chi connectivity index (χ2n) is 8.63. The highest BCUT2D eigenvalue weighted by atomic mass is 16.5. The van der Waals surface area contributed by atoms with Gasteiger partial charge in [-0.15, -0.1) is 0 Å². The van der Waals surface area contributed by atoms with Gasteiger partial charge in [-0.05, 0) is 57.0 Å². The molecule has 1 unspecified atom stereocenters. The van der Waals surface area contributed by atoms with Gasteiger partial charge in [0.15, 0.2) is 18.1 Å². The molecule has 1 aliphatic heterocycles. The van der Waals surface area contributed by atoms with E-state index in [-0.39, 0.29) is 18.4 Å². The summed E-state index contributed by atoms with van der Waals surface area (Å²) in [5, 5.41) is 10.6. The normalized spacial score (nSPS) is 14.5. The summed E-state index contributed by atoms with van der Waals surface area (Å²) < 4.78 is 13.1. The molecule has 2 amide bonds. The number of para-hydroxylation sites is 1. The van der Waals surface area contributed by atoms with E-state index in [9.17, 15) is 9.59 Å². The summed E-state index contributed by atoms with van der Waals surface area (Å²) in [6.45, 7) is 8.77. The van der Waals surface area contributed by atoms with E-state index in [0.717, 1.165) is 16.8 Å². The highest BCUT2D eigenvalue weighted by Crippen LogP contribution is 2.39. The molecule has 0 radical (unpaired) electrons. The third-order valence-corrected chi connectivity index (χ3v) is 6.40. The molecule has 2 N–H and O–H groups in total. The molecule has 0 bridgehead atoms. The lowest BCUT2D eigenvalue weighted by Gasteiger charge is -2.29. The average molecular weight is 505 g/mol. The van der Waals surface area contributed by atoms with Gasteiger partial charge in [0.1, 0.15) is 12.4 Å². The Balaban J connectivity index is 1.67. The molecule has 0 saturated heterocycles. The number of hydrogen-bond donors (Lipinski definition) is 2. The maximum Gasteiger partial charge on any atom is 0.260 e. The van der Waals surface area contributed by atoms with E-state index in [0.29, 0.717) is 41.8 Å². The molecular formula is C27H32N6O4. The van der Waals surface area contributed by atoms with Crippen molar-refractivity contribution in [1.82, 2.24) is 19.7 Å². The smallest absolute Gasteiger partial charge is 0.260 e. The summed E-state index contributed by atoms with van der Waals surface area (Å²) >= 11 is 0. The third kappa shape index (κ3) is 5.28. The second-order valence-corrected chi connectivity index (χ2v) is 8.63. The Kier molecular flexibility index (Phi) is 7.76. The van der Waals surface area contributed by atoms with E-state index >= 15 is 0 Å². The van der Waals surface area contributed by atoms with Crippen molar-refractivity contribution in [2.45, 2.75) is 33.7 Å². The standard InChI is InChI=1S/C27H32N6O4/c1-6-32(7-2)23(34)15-37-21-13-12-19(14-22(21)36-5)25-24(18(4)30-27-28-16-29-33(25)27)26(35)31-20-11-9-8-10-17(20)3/h8-14,16,25H,6-7,15H2,1-5H3,(H,31,35)(H,28,29,30). The Morgan fingerprint density at radius 2 is 1.86 bits per heavy atom. The summed E-state index contributed by atoms with van der Waals surface area (Å²) in [6, 6.07) is 12.4. The Labute approximate surface area is 216 Å². The van der Waals surface area contributed by atoms with E-state index < -0.39 is 6.04 Å². The van der Waals surface area contributed by atoms with Crippen molar-refractivity contribution in [3.63, 3.8) is 0 Å². The molecule has 1 aromatic heterocycles. The molecule has 10 nitrogen and oxygen atoms in total. The lowest BCUT2D eigenvalue weighted by Crippen LogP contribution is -2.34. The molecule has 2 heterocycles. The predicted molar refractivity (Wildman–Crippen MR) is 141 cm³/mol. The highest BCUT2D eigenvalue weighted by molar-refractivity contribution is 6.06. The molecule has 0 saturated carbocycles. The van der Waals surface area contributed by atoms with Crippen molar-refractivity contribution in [3.8, 4) is 11.5 Å². The van der Waals surface area contributed by atoms with Crippen molar-refractivity contribution in [1.29, 1.82) is 0 Å². The third-order valence-electron chi connectivity index (χ3n) is 6.40. The summed E-state index contributed by atoms with van der Waals surface area (Å²) in [7, 11) is 1.54. The molecule has 194 valence electrons. The lowest BCUT2D eigenvalue weighted by atomic mass is 9.94.